The Bertz CT molecular complexity index is 1040. The van der Waals surface area contributed by atoms with Crippen molar-refractivity contribution in [1.82, 2.24) is 9.88 Å². The fourth-order valence-corrected chi connectivity index (χ4v) is 5.76. The van der Waals surface area contributed by atoms with Gasteiger partial charge in [0.2, 0.25) is 0 Å². The van der Waals surface area contributed by atoms with Crippen molar-refractivity contribution in [2.45, 2.75) is 46.4 Å². The molecule has 1 aliphatic heterocycles. The molecule has 1 aromatic carbocycles. The summed E-state index contributed by atoms with van der Waals surface area (Å²) in [5, 5.41) is 19.0. The highest BCUT2D eigenvalue weighted by Gasteiger charge is 2.67. The number of rotatable bonds is 3. The SMILES string of the molecule is CC1(C)C(Oc2ccc(C#N)c(O)c2)C(C)(C)C1N1Cc2nc(Br)ccc2C1=O. The first-order valence-electron chi connectivity index (χ1n) is 9.43. The molecule has 1 saturated carbocycles. The van der Waals surface area contributed by atoms with E-state index >= 15 is 0 Å². The second kappa shape index (κ2) is 6.46. The van der Waals surface area contributed by atoms with E-state index in [1.165, 1.54) is 6.07 Å². The average molecular weight is 456 g/mol. The van der Waals surface area contributed by atoms with Crippen LogP contribution in [0.25, 0.3) is 0 Å². The van der Waals surface area contributed by atoms with Crippen molar-refractivity contribution in [2.24, 2.45) is 10.8 Å². The second-order valence-electron chi connectivity index (χ2n) is 8.90. The number of phenolic OH excluding ortho intramolecular Hbond substituents is 1. The molecule has 0 atom stereocenters. The molecule has 2 aromatic rings. The Hall–Kier alpha value is -2.59. The molecular weight excluding hydrogens is 434 g/mol. The predicted octanol–water partition coefficient (Wildman–Crippen LogP) is 4.26. The van der Waals surface area contributed by atoms with E-state index in [1.807, 2.05) is 17.0 Å². The van der Waals surface area contributed by atoms with Gasteiger partial charge in [0.25, 0.3) is 5.91 Å². The molecule has 6 nitrogen and oxygen atoms in total. The summed E-state index contributed by atoms with van der Waals surface area (Å²) in [5.74, 6) is 0.409. The number of aromatic nitrogens is 1. The third-order valence-electron chi connectivity index (χ3n) is 6.17. The minimum atomic E-state index is -0.318. The number of ether oxygens (including phenoxy) is 1. The molecule has 1 amide bonds. The van der Waals surface area contributed by atoms with Gasteiger partial charge >= 0.3 is 0 Å². The summed E-state index contributed by atoms with van der Waals surface area (Å²) >= 11 is 3.38. The highest BCUT2D eigenvalue weighted by Crippen LogP contribution is 2.59. The van der Waals surface area contributed by atoms with Crippen molar-refractivity contribution in [3.63, 3.8) is 0 Å². The van der Waals surface area contributed by atoms with Gasteiger partial charge in [0, 0.05) is 22.9 Å². The summed E-state index contributed by atoms with van der Waals surface area (Å²) in [5.41, 5.74) is 1.02. The van der Waals surface area contributed by atoms with Gasteiger partial charge in [0.05, 0.1) is 23.4 Å². The van der Waals surface area contributed by atoms with E-state index in [9.17, 15) is 9.90 Å². The molecule has 2 aliphatic rings. The molecule has 2 heterocycles. The van der Waals surface area contributed by atoms with Gasteiger partial charge in [0.1, 0.15) is 28.3 Å². The number of aromatic hydroxyl groups is 1. The van der Waals surface area contributed by atoms with E-state index in [0.29, 0.717) is 17.9 Å². The van der Waals surface area contributed by atoms with Crippen molar-refractivity contribution >= 4 is 21.8 Å². The second-order valence-corrected chi connectivity index (χ2v) is 9.71. The molecule has 1 aliphatic carbocycles. The van der Waals surface area contributed by atoms with Gasteiger partial charge < -0.3 is 14.7 Å². The zero-order valence-corrected chi connectivity index (χ0v) is 18.3. The maximum Gasteiger partial charge on any atom is 0.256 e. The fourth-order valence-electron chi connectivity index (χ4n) is 5.42. The quantitative estimate of drug-likeness (QED) is 0.698. The average Bonchev–Trinajstić information content (AvgIpc) is 2.94. The van der Waals surface area contributed by atoms with E-state index in [2.05, 4.69) is 48.6 Å². The molecule has 150 valence electrons. The van der Waals surface area contributed by atoms with Crippen LogP contribution in [0.5, 0.6) is 11.5 Å². The number of hydrogen-bond donors (Lipinski definition) is 1. The van der Waals surface area contributed by atoms with Crippen molar-refractivity contribution in [1.29, 1.82) is 5.26 Å². The maximum absolute atomic E-state index is 13.1. The lowest BCUT2D eigenvalue weighted by Gasteiger charge is -2.65. The van der Waals surface area contributed by atoms with Gasteiger partial charge in [-0.3, -0.25) is 4.79 Å². The van der Waals surface area contributed by atoms with Crippen molar-refractivity contribution < 1.29 is 14.6 Å². The Kier molecular flexibility index (Phi) is 4.39. The fraction of sp³-hybridized carbons (Fsp3) is 0.409. The lowest BCUT2D eigenvalue weighted by molar-refractivity contribution is -0.199. The summed E-state index contributed by atoms with van der Waals surface area (Å²) in [6, 6.07) is 10.2. The van der Waals surface area contributed by atoms with Gasteiger partial charge in [-0.2, -0.15) is 5.26 Å². The number of benzene rings is 1. The third-order valence-corrected chi connectivity index (χ3v) is 6.61. The first-order valence-corrected chi connectivity index (χ1v) is 10.2. The summed E-state index contributed by atoms with van der Waals surface area (Å²) in [6.45, 7) is 8.86. The summed E-state index contributed by atoms with van der Waals surface area (Å²) < 4.78 is 6.97. The molecule has 7 heteroatoms. The van der Waals surface area contributed by atoms with Crippen molar-refractivity contribution in [2.75, 3.05) is 0 Å². The van der Waals surface area contributed by atoms with Crippen LogP contribution in [-0.4, -0.2) is 33.0 Å². The number of amides is 1. The van der Waals surface area contributed by atoms with Crippen LogP contribution in [0.2, 0.25) is 0 Å². The van der Waals surface area contributed by atoms with Crippen LogP contribution in [0.15, 0.2) is 34.9 Å². The van der Waals surface area contributed by atoms with Crippen molar-refractivity contribution in [3.8, 4) is 17.6 Å². The van der Waals surface area contributed by atoms with Crippen LogP contribution < -0.4 is 4.74 Å². The summed E-state index contributed by atoms with van der Waals surface area (Å²) in [6.07, 6.45) is -0.177. The van der Waals surface area contributed by atoms with Crippen LogP contribution in [0, 0.1) is 22.2 Å². The first-order chi connectivity index (χ1) is 13.6. The van der Waals surface area contributed by atoms with E-state index in [-0.39, 0.29) is 40.2 Å². The Morgan fingerprint density at radius 1 is 1.24 bits per heavy atom. The molecular formula is C22H22BrN3O3. The molecule has 1 aromatic heterocycles. The molecule has 0 radical (unpaired) electrons. The number of carbonyl (C=O) groups is 1. The lowest BCUT2D eigenvalue weighted by Crippen LogP contribution is -2.74. The number of nitriles is 1. The van der Waals surface area contributed by atoms with Gasteiger partial charge in [-0.05, 0) is 40.2 Å². The third kappa shape index (κ3) is 2.89. The number of phenols is 1. The van der Waals surface area contributed by atoms with Gasteiger partial charge in [-0.25, -0.2) is 4.98 Å². The highest BCUT2D eigenvalue weighted by molar-refractivity contribution is 9.10. The van der Waals surface area contributed by atoms with E-state index in [1.54, 1.807) is 18.2 Å². The highest BCUT2D eigenvalue weighted by atomic mass is 79.9. The zero-order chi connectivity index (χ0) is 21.1. The standard InChI is InChI=1S/C22H22BrN3O3/c1-21(2)19(26-11-15-14(18(26)28)7-8-17(23)25-15)22(3,4)20(21)29-13-6-5-12(10-24)16(27)9-13/h5-9,19-20,27H,11H2,1-4H3. The summed E-state index contributed by atoms with van der Waals surface area (Å²) in [7, 11) is 0. The number of halogens is 1. The first kappa shape index (κ1) is 19.7. The van der Waals surface area contributed by atoms with E-state index < -0.39 is 0 Å². The maximum atomic E-state index is 13.1. The summed E-state index contributed by atoms with van der Waals surface area (Å²) in [4.78, 5) is 19.4. The number of pyridine rings is 1. The van der Waals surface area contributed by atoms with E-state index in [0.717, 1.165) is 10.3 Å². The largest absolute Gasteiger partial charge is 0.506 e. The van der Waals surface area contributed by atoms with Gasteiger partial charge in [0.15, 0.2) is 0 Å². The number of carbonyl (C=O) groups excluding carboxylic acids is 1. The molecule has 4 rings (SSSR count). The van der Waals surface area contributed by atoms with Crippen LogP contribution in [0.3, 0.4) is 0 Å². The normalized spacial score (nSPS) is 23.9. The van der Waals surface area contributed by atoms with Gasteiger partial charge in [-0.1, -0.05) is 27.7 Å². The van der Waals surface area contributed by atoms with Crippen LogP contribution in [0.1, 0.15) is 49.3 Å². The Morgan fingerprint density at radius 2 is 1.93 bits per heavy atom. The molecule has 0 saturated heterocycles. The monoisotopic (exact) mass is 455 g/mol. The number of fused-ring (bicyclic) bond motifs is 1. The molecule has 1 N–H and O–H groups in total. The molecule has 0 unspecified atom stereocenters. The molecule has 0 bridgehead atoms. The lowest BCUT2D eigenvalue weighted by atomic mass is 9.49. The molecule has 1 fully saturated rings. The number of nitrogens with zero attached hydrogens (tertiary/aromatic N) is 3. The van der Waals surface area contributed by atoms with Crippen LogP contribution in [0.4, 0.5) is 0 Å². The number of hydrogen-bond acceptors (Lipinski definition) is 5. The molecule has 29 heavy (non-hydrogen) atoms. The molecule has 0 spiro atoms. The van der Waals surface area contributed by atoms with Crippen LogP contribution in [-0.2, 0) is 6.54 Å². The minimum absolute atomic E-state index is 0.000572. The van der Waals surface area contributed by atoms with Gasteiger partial charge in [-0.15, -0.1) is 0 Å². The zero-order valence-electron chi connectivity index (χ0n) is 16.7. The topological polar surface area (TPSA) is 86.4 Å². The minimum Gasteiger partial charge on any atom is -0.506 e. The predicted molar refractivity (Wildman–Crippen MR) is 110 cm³/mol. The van der Waals surface area contributed by atoms with Crippen molar-refractivity contribution in [3.05, 3.63) is 51.8 Å². The Balaban J connectivity index is 1.60. The van der Waals surface area contributed by atoms with E-state index in [4.69, 9.17) is 10.00 Å². The Labute approximate surface area is 178 Å². The smallest absolute Gasteiger partial charge is 0.256 e. The van der Waals surface area contributed by atoms with Crippen LogP contribution >= 0.6 is 15.9 Å². The Morgan fingerprint density at radius 3 is 2.55 bits per heavy atom.